The summed E-state index contributed by atoms with van der Waals surface area (Å²) < 4.78 is 12.2. The maximum absolute atomic E-state index is 13.1. The molecule has 1 aromatic carbocycles. The molecule has 0 spiro atoms. The molecular formula is C30H36ClN11O4. The van der Waals surface area contributed by atoms with E-state index in [0.29, 0.717) is 47.9 Å². The molecule has 1 amide bonds. The van der Waals surface area contributed by atoms with Gasteiger partial charge in [-0.25, -0.2) is 9.78 Å². The van der Waals surface area contributed by atoms with Crippen molar-refractivity contribution in [2.75, 3.05) is 42.3 Å². The lowest BCUT2D eigenvalue weighted by atomic mass is 9.84. The van der Waals surface area contributed by atoms with E-state index in [-0.39, 0.29) is 47.6 Å². The maximum Gasteiger partial charge on any atom is 0.407 e. The third-order valence-electron chi connectivity index (χ3n) is 8.27. The standard InChI is InChI=1S/C30H36ClN11O4/c1-3-35-27-28-36-15-20(14-33)42(28)40-29(39-27)37-22-10-18(13-32)11-23(26(22)31)41-9-8-21(38-30(44)45-2)24(16-41)46-25(43)12-17-4-6-19(34)7-5-17/h10-11,15,17,19,21,24H,3-9,12,16,34H2,1-2H3,(H,38,44)(H2,35,37,39,40)/t17-,19-,21-,24-/m1/s1. The lowest BCUT2D eigenvalue weighted by molar-refractivity contribution is -0.152. The molecule has 5 rings (SSSR count). The van der Waals surface area contributed by atoms with Gasteiger partial charge < -0.3 is 36.1 Å². The van der Waals surface area contributed by atoms with Gasteiger partial charge in [-0.2, -0.15) is 20.0 Å². The summed E-state index contributed by atoms with van der Waals surface area (Å²) in [6.45, 7) is 3.10. The highest BCUT2D eigenvalue weighted by atomic mass is 35.5. The molecule has 1 saturated heterocycles. The Morgan fingerprint density at radius 3 is 2.65 bits per heavy atom. The van der Waals surface area contributed by atoms with Gasteiger partial charge in [-0.05, 0) is 57.1 Å². The summed E-state index contributed by atoms with van der Waals surface area (Å²) in [5.41, 5.74) is 7.82. The number of fused-ring (bicyclic) bond motifs is 1. The van der Waals surface area contributed by atoms with Gasteiger partial charge in [0.25, 0.3) is 0 Å². The van der Waals surface area contributed by atoms with E-state index < -0.39 is 18.2 Å². The van der Waals surface area contributed by atoms with Crippen LogP contribution >= 0.6 is 11.6 Å². The van der Waals surface area contributed by atoms with Gasteiger partial charge in [0, 0.05) is 25.6 Å². The Labute approximate surface area is 271 Å². The van der Waals surface area contributed by atoms with Gasteiger partial charge in [-0.1, -0.05) is 11.6 Å². The predicted octanol–water partition coefficient (Wildman–Crippen LogP) is 3.45. The van der Waals surface area contributed by atoms with E-state index in [1.54, 1.807) is 12.1 Å². The number of esters is 1. The zero-order valence-electron chi connectivity index (χ0n) is 25.6. The molecule has 2 aliphatic rings. The Kier molecular flexibility index (Phi) is 10.2. The molecular weight excluding hydrogens is 614 g/mol. The number of carbonyl (C=O) groups is 2. The monoisotopic (exact) mass is 649 g/mol. The van der Waals surface area contributed by atoms with Crippen molar-refractivity contribution < 1.29 is 19.1 Å². The summed E-state index contributed by atoms with van der Waals surface area (Å²) in [6.07, 6.45) is 4.27. The molecule has 3 heterocycles. The smallest absolute Gasteiger partial charge is 0.407 e. The molecule has 0 bridgehead atoms. The number of rotatable bonds is 9. The second kappa shape index (κ2) is 14.5. The number of nitrogens with two attached hydrogens (primary N) is 1. The first-order valence-electron chi connectivity index (χ1n) is 15.2. The van der Waals surface area contributed by atoms with Gasteiger partial charge >= 0.3 is 12.1 Å². The van der Waals surface area contributed by atoms with E-state index >= 15 is 0 Å². The molecule has 2 fully saturated rings. The minimum atomic E-state index is -0.705. The summed E-state index contributed by atoms with van der Waals surface area (Å²) >= 11 is 6.95. The van der Waals surface area contributed by atoms with Gasteiger partial charge in [0.1, 0.15) is 12.2 Å². The molecule has 242 valence electrons. The maximum atomic E-state index is 13.1. The van der Waals surface area contributed by atoms with E-state index in [0.717, 1.165) is 25.7 Å². The quantitative estimate of drug-likeness (QED) is 0.245. The predicted molar refractivity (Wildman–Crippen MR) is 170 cm³/mol. The van der Waals surface area contributed by atoms with E-state index in [2.05, 4.69) is 43.2 Å². The summed E-state index contributed by atoms with van der Waals surface area (Å²) in [7, 11) is 1.28. The fourth-order valence-electron chi connectivity index (χ4n) is 5.89. The van der Waals surface area contributed by atoms with Crippen LogP contribution in [0.4, 0.5) is 27.9 Å². The van der Waals surface area contributed by atoms with E-state index in [1.165, 1.54) is 17.8 Å². The van der Waals surface area contributed by atoms with Crippen molar-refractivity contribution in [3.8, 4) is 12.1 Å². The number of benzene rings is 1. The largest absolute Gasteiger partial charge is 0.458 e. The number of carbonyl (C=O) groups excluding carboxylic acids is 2. The highest BCUT2D eigenvalue weighted by Gasteiger charge is 2.35. The first kappa shape index (κ1) is 32.5. The van der Waals surface area contributed by atoms with Crippen LogP contribution < -0.4 is 26.6 Å². The van der Waals surface area contributed by atoms with Crippen LogP contribution in [-0.4, -0.2) is 76.6 Å². The zero-order valence-corrected chi connectivity index (χ0v) is 26.4. The first-order chi connectivity index (χ1) is 22.2. The molecule has 3 aromatic rings. The number of anilines is 4. The summed E-state index contributed by atoms with van der Waals surface area (Å²) in [5, 5.41) is 33.1. The Hall–Kier alpha value is -4.86. The molecule has 1 aliphatic heterocycles. The Balaban J connectivity index is 1.40. The molecule has 0 radical (unpaired) electrons. The average Bonchev–Trinajstić information content (AvgIpc) is 3.47. The fraction of sp³-hybridized carbons (Fsp3) is 0.500. The average molecular weight is 650 g/mol. The van der Waals surface area contributed by atoms with Gasteiger partial charge in [0.15, 0.2) is 17.2 Å². The van der Waals surface area contributed by atoms with Crippen molar-refractivity contribution in [3.63, 3.8) is 0 Å². The number of piperidine rings is 1. The number of hydrogen-bond donors (Lipinski definition) is 4. The number of aromatic nitrogens is 4. The van der Waals surface area contributed by atoms with Crippen molar-refractivity contribution in [1.82, 2.24) is 24.9 Å². The van der Waals surface area contributed by atoms with Crippen LogP contribution in [-0.2, 0) is 14.3 Å². The molecule has 0 unspecified atom stereocenters. The topological polar surface area (TPSA) is 209 Å². The van der Waals surface area contributed by atoms with Crippen molar-refractivity contribution in [2.45, 2.75) is 63.6 Å². The van der Waals surface area contributed by atoms with Crippen molar-refractivity contribution in [1.29, 1.82) is 10.5 Å². The van der Waals surface area contributed by atoms with Crippen LogP contribution in [0.3, 0.4) is 0 Å². The fourth-order valence-corrected chi connectivity index (χ4v) is 6.16. The second-order valence-electron chi connectivity index (χ2n) is 11.4. The van der Waals surface area contributed by atoms with E-state index in [9.17, 15) is 20.1 Å². The van der Waals surface area contributed by atoms with E-state index in [4.69, 9.17) is 26.8 Å². The SMILES string of the molecule is CCNc1nc(Nc2cc(C#N)cc(N3CC[C@@H](NC(=O)OC)[C@H](OC(=O)C[C@H]4CC[C@H](N)CC4)C3)c2Cl)nn2c(C#N)cnc12. The van der Waals surface area contributed by atoms with Crippen molar-refractivity contribution >= 4 is 52.5 Å². The van der Waals surface area contributed by atoms with Crippen LogP contribution in [0.25, 0.3) is 5.65 Å². The lowest BCUT2D eigenvalue weighted by Gasteiger charge is -2.40. The Morgan fingerprint density at radius 1 is 1.17 bits per heavy atom. The van der Waals surface area contributed by atoms with Crippen LogP contribution in [0.1, 0.15) is 56.7 Å². The van der Waals surface area contributed by atoms with Gasteiger partial charge in [0.2, 0.25) is 5.95 Å². The third kappa shape index (κ3) is 7.33. The number of halogens is 1. The lowest BCUT2D eigenvalue weighted by Crippen LogP contribution is -2.56. The molecule has 1 aliphatic carbocycles. The molecule has 2 atom stereocenters. The third-order valence-corrected chi connectivity index (χ3v) is 8.67. The summed E-state index contributed by atoms with van der Waals surface area (Å²) in [5.74, 6) is 0.395. The highest BCUT2D eigenvalue weighted by Crippen LogP contribution is 2.38. The molecule has 1 saturated carbocycles. The first-order valence-corrected chi connectivity index (χ1v) is 15.6. The van der Waals surface area contributed by atoms with Crippen LogP contribution in [0.2, 0.25) is 5.02 Å². The number of methoxy groups -OCH3 is 1. The molecule has 15 nitrogen and oxygen atoms in total. The molecule has 5 N–H and O–H groups in total. The number of amides is 1. The summed E-state index contributed by atoms with van der Waals surface area (Å²) in [4.78, 5) is 35.9. The number of nitrogens with zero attached hydrogens (tertiary/aromatic N) is 7. The normalized spacial score (nSPS) is 21.1. The number of nitriles is 2. The number of hydrogen-bond acceptors (Lipinski definition) is 13. The highest BCUT2D eigenvalue weighted by molar-refractivity contribution is 6.36. The van der Waals surface area contributed by atoms with Crippen LogP contribution in [0, 0.1) is 28.6 Å². The minimum Gasteiger partial charge on any atom is -0.458 e. The van der Waals surface area contributed by atoms with Crippen LogP contribution in [0.15, 0.2) is 18.3 Å². The van der Waals surface area contributed by atoms with E-state index in [1.807, 2.05) is 11.8 Å². The van der Waals surface area contributed by atoms with Crippen LogP contribution in [0.5, 0.6) is 0 Å². The molecule has 16 heteroatoms. The Bertz CT molecular complexity index is 1680. The number of nitrogens with one attached hydrogen (secondary N) is 3. The second-order valence-corrected chi connectivity index (χ2v) is 11.8. The number of imidazole rings is 1. The molecule has 2 aromatic heterocycles. The molecule has 46 heavy (non-hydrogen) atoms. The number of ether oxygens (including phenoxy) is 2. The van der Waals surface area contributed by atoms with Gasteiger partial charge in [-0.15, -0.1) is 5.10 Å². The van der Waals surface area contributed by atoms with Gasteiger partial charge in [-0.3, -0.25) is 4.79 Å². The summed E-state index contributed by atoms with van der Waals surface area (Å²) in [6, 6.07) is 7.14. The van der Waals surface area contributed by atoms with Gasteiger partial charge in [0.05, 0.1) is 53.9 Å². The van der Waals surface area contributed by atoms with Crippen molar-refractivity contribution in [2.24, 2.45) is 11.7 Å². The Morgan fingerprint density at radius 2 is 1.96 bits per heavy atom. The number of alkyl carbamates (subject to hydrolysis) is 1. The minimum absolute atomic E-state index is 0.123. The zero-order chi connectivity index (χ0) is 32.8. The van der Waals surface area contributed by atoms with Crippen molar-refractivity contribution in [3.05, 3.63) is 34.6 Å².